The van der Waals surface area contributed by atoms with Gasteiger partial charge >= 0.3 is 0 Å². The highest BCUT2D eigenvalue weighted by Gasteiger charge is 2.30. The molecular weight excluding hydrogens is 352 g/mol. The van der Waals surface area contributed by atoms with Gasteiger partial charge in [-0.25, -0.2) is 0 Å². The number of thiophene rings is 1. The number of carbonyl (C=O) groups is 1. The van der Waals surface area contributed by atoms with Crippen molar-refractivity contribution < 1.29 is 9.53 Å². The Morgan fingerprint density at radius 3 is 3.00 bits per heavy atom. The molecule has 2 heterocycles. The van der Waals surface area contributed by atoms with Gasteiger partial charge in [0.15, 0.2) is 0 Å². The van der Waals surface area contributed by atoms with E-state index in [4.69, 9.17) is 4.74 Å². The number of hydrogen-bond acceptors (Lipinski definition) is 4. The molecule has 0 saturated carbocycles. The van der Waals surface area contributed by atoms with Crippen LogP contribution in [0.1, 0.15) is 12.5 Å². The van der Waals surface area contributed by atoms with E-state index < -0.39 is 0 Å². The largest absolute Gasteiger partial charge is 0.375 e. The number of rotatable bonds is 3. The van der Waals surface area contributed by atoms with Crippen LogP contribution in [-0.2, 0) is 16.1 Å². The number of nitrogens with one attached hydrogen (secondary N) is 1. The summed E-state index contributed by atoms with van der Waals surface area (Å²) in [6.45, 7) is 3.97. The van der Waals surface area contributed by atoms with Gasteiger partial charge in [0.05, 0.1) is 16.5 Å². The molecule has 1 aromatic heterocycles. The summed E-state index contributed by atoms with van der Waals surface area (Å²) in [7, 11) is 1.83. The molecule has 1 saturated heterocycles. The number of morpholine rings is 1. The van der Waals surface area contributed by atoms with E-state index in [-0.39, 0.29) is 30.5 Å². The normalized spacial score (nSPS) is 22.7. The molecule has 1 fully saturated rings. The second kappa shape index (κ2) is 7.59. The summed E-state index contributed by atoms with van der Waals surface area (Å²) >= 11 is 5.06. The van der Waals surface area contributed by atoms with Crippen molar-refractivity contribution in [3.8, 4) is 0 Å². The molecule has 1 aromatic rings. The van der Waals surface area contributed by atoms with Crippen LogP contribution >= 0.6 is 39.7 Å². The molecule has 0 aliphatic carbocycles. The fourth-order valence-corrected chi connectivity index (χ4v) is 3.23. The Bertz CT molecular complexity index is 430. The molecular formula is C12H18BrClN2O2S. The minimum Gasteiger partial charge on any atom is -0.375 e. The molecule has 1 aliphatic rings. The molecule has 0 bridgehead atoms. The van der Waals surface area contributed by atoms with Crippen LogP contribution in [0.25, 0.3) is 0 Å². The van der Waals surface area contributed by atoms with Crippen LogP contribution in [0.3, 0.4) is 0 Å². The summed E-state index contributed by atoms with van der Waals surface area (Å²) in [4.78, 5) is 14.0. The number of halogens is 2. The van der Waals surface area contributed by atoms with Gasteiger partial charge in [0.2, 0.25) is 5.91 Å². The molecule has 0 aromatic carbocycles. The van der Waals surface area contributed by atoms with Crippen LogP contribution in [-0.4, -0.2) is 43.2 Å². The van der Waals surface area contributed by atoms with E-state index in [9.17, 15) is 4.79 Å². The van der Waals surface area contributed by atoms with Crippen molar-refractivity contribution in [3.05, 3.63) is 20.8 Å². The van der Waals surface area contributed by atoms with Gasteiger partial charge in [-0.2, -0.15) is 0 Å². The van der Waals surface area contributed by atoms with Crippen molar-refractivity contribution >= 4 is 45.6 Å². The van der Waals surface area contributed by atoms with Crippen LogP contribution < -0.4 is 5.32 Å². The van der Waals surface area contributed by atoms with Gasteiger partial charge in [-0.15, -0.1) is 23.7 Å². The fourth-order valence-electron chi connectivity index (χ4n) is 2.03. The van der Waals surface area contributed by atoms with Crippen molar-refractivity contribution in [1.29, 1.82) is 0 Å². The van der Waals surface area contributed by atoms with Crippen molar-refractivity contribution in [2.75, 3.05) is 20.2 Å². The zero-order valence-corrected chi connectivity index (χ0v) is 14.1. The standard InChI is InChI=1S/C12H17BrN2O2S.ClH/c1-8-11(14-3-4-17-8)12(16)15(2)6-9-5-10(13)18-7-9;/h5,7-8,11,14H,3-4,6H2,1-2H3;1H/t8-,11+;/m1./s1. The van der Waals surface area contributed by atoms with E-state index in [0.717, 1.165) is 15.9 Å². The van der Waals surface area contributed by atoms with E-state index in [2.05, 4.69) is 26.6 Å². The second-order valence-corrected chi connectivity index (χ2v) is 6.75. The first-order valence-corrected chi connectivity index (χ1v) is 7.58. The minimum absolute atomic E-state index is 0. The highest BCUT2D eigenvalue weighted by Crippen LogP contribution is 2.21. The first kappa shape index (κ1) is 16.9. The number of ether oxygens (including phenoxy) is 1. The highest BCUT2D eigenvalue weighted by atomic mass is 79.9. The van der Waals surface area contributed by atoms with Gasteiger partial charge < -0.3 is 15.0 Å². The van der Waals surface area contributed by atoms with Gasteiger partial charge in [0.1, 0.15) is 6.04 Å². The maximum absolute atomic E-state index is 12.3. The van der Waals surface area contributed by atoms with Crippen molar-refractivity contribution in [2.45, 2.75) is 25.6 Å². The van der Waals surface area contributed by atoms with Gasteiger partial charge in [0.25, 0.3) is 0 Å². The lowest BCUT2D eigenvalue weighted by molar-refractivity contribution is -0.138. The first-order chi connectivity index (χ1) is 8.58. The SMILES string of the molecule is C[C@H]1OCCN[C@@H]1C(=O)N(C)Cc1csc(Br)c1.Cl. The molecule has 19 heavy (non-hydrogen) atoms. The molecule has 2 rings (SSSR count). The highest BCUT2D eigenvalue weighted by molar-refractivity contribution is 9.11. The second-order valence-electron chi connectivity index (χ2n) is 4.46. The van der Waals surface area contributed by atoms with Gasteiger partial charge in [-0.1, -0.05) is 0 Å². The zero-order chi connectivity index (χ0) is 13.1. The predicted octanol–water partition coefficient (Wildman–Crippen LogP) is 2.27. The molecule has 0 unspecified atom stereocenters. The topological polar surface area (TPSA) is 41.6 Å². The Morgan fingerprint density at radius 1 is 1.68 bits per heavy atom. The molecule has 0 spiro atoms. The van der Waals surface area contributed by atoms with Crippen molar-refractivity contribution in [2.24, 2.45) is 0 Å². The average molecular weight is 370 g/mol. The van der Waals surface area contributed by atoms with Crippen LogP contribution in [0.2, 0.25) is 0 Å². The molecule has 0 radical (unpaired) electrons. The van der Waals surface area contributed by atoms with Crippen LogP contribution in [0.4, 0.5) is 0 Å². The van der Waals surface area contributed by atoms with Crippen LogP contribution in [0.15, 0.2) is 15.2 Å². The van der Waals surface area contributed by atoms with E-state index >= 15 is 0 Å². The van der Waals surface area contributed by atoms with Crippen molar-refractivity contribution in [1.82, 2.24) is 10.2 Å². The molecule has 1 N–H and O–H groups in total. The van der Waals surface area contributed by atoms with Crippen LogP contribution in [0.5, 0.6) is 0 Å². The number of hydrogen-bond donors (Lipinski definition) is 1. The lowest BCUT2D eigenvalue weighted by atomic mass is 10.1. The Labute approximate surface area is 132 Å². The van der Waals surface area contributed by atoms with E-state index in [1.807, 2.05) is 20.0 Å². The maximum Gasteiger partial charge on any atom is 0.242 e. The summed E-state index contributed by atoms with van der Waals surface area (Å²) in [5.74, 6) is 0.0875. The molecule has 7 heteroatoms. The average Bonchev–Trinajstić information content (AvgIpc) is 2.74. The summed E-state index contributed by atoms with van der Waals surface area (Å²) in [5, 5.41) is 5.28. The smallest absolute Gasteiger partial charge is 0.242 e. The third kappa shape index (κ3) is 4.43. The third-order valence-electron chi connectivity index (χ3n) is 3.00. The third-order valence-corrected chi connectivity index (χ3v) is 4.55. The molecule has 1 aliphatic heterocycles. The zero-order valence-electron chi connectivity index (χ0n) is 10.9. The first-order valence-electron chi connectivity index (χ1n) is 5.91. The Kier molecular flexibility index (Phi) is 6.76. The summed E-state index contributed by atoms with van der Waals surface area (Å²) in [5.41, 5.74) is 1.15. The van der Waals surface area contributed by atoms with Crippen molar-refractivity contribution in [3.63, 3.8) is 0 Å². The Hall–Kier alpha value is -0.140. The monoisotopic (exact) mass is 368 g/mol. The van der Waals surface area contributed by atoms with E-state index in [1.54, 1.807) is 16.2 Å². The maximum atomic E-state index is 12.3. The summed E-state index contributed by atoms with van der Waals surface area (Å²) in [6, 6.07) is 1.81. The summed E-state index contributed by atoms with van der Waals surface area (Å²) < 4.78 is 6.59. The lowest BCUT2D eigenvalue weighted by Crippen LogP contribution is -2.55. The predicted molar refractivity (Wildman–Crippen MR) is 82.9 cm³/mol. The molecule has 4 nitrogen and oxygen atoms in total. The van der Waals surface area contributed by atoms with Gasteiger partial charge in [0, 0.05) is 20.1 Å². The lowest BCUT2D eigenvalue weighted by Gasteiger charge is -2.32. The molecule has 1 amide bonds. The number of likely N-dealkylation sites (N-methyl/N-ethyl adjacent to an activating group) is 1. The summed E-state index contributed by atoms with van der Waals surface area (Å²) in [6.07, 6.45) is -0.0667. The van der Waals surface area contributed by atoms with Crippen LogP contribution in [0, 0.1) is 0 Å². The quantitative estimate of drug-likeness (QED) is 0.888. The minimum atomic E-state index is -0.231. The number of nitrogens with zero attached hydrogens (tertiary/aromatic N) is 1. The van der Waals surface area contributed by atoms with E-state index in [1.165, 1.54) is 0 Å². The Morgan fingerprint density at radius 2 is 2.42 bits per heavy atom. The Balaban J connectivity index is 0.00000180. The van der Waals surface area contributed by atoms with Gasteiger partial charge in [-0.3, -0.25) is 4.79 Å². The molecule has 2 atom stereocenters. The van der Waals surface area contributed by atoms with Gasteiger partial charge in [-0.05, 0) is 39.9 Å². The number of amides is 1. The number of carbonyl (C=O) groups excluding carboxylic acids is 1. The fraction of sp³-hybridized carbons (Fsp3) is 0.583. The van der Waals surface area contributed by atoms with E-state index in [0.29, 0.717) is 13.2 Å². The molecule has 108 valence electrons.